The molecule has 0 aromatic heterocycles. The fourth-order valence-electron chi connectivity index (χ4n) is 2.59. The molecule has 2 N–H and O–H groups in total. The third-order valence-corrected chi connectivity index (χ3v) is 5.37. The molecule has 0 spiro atoms. The van der Waals surface area contributed by atoms with Crippen molar-refractivity contribution >= 4 is 46.6 Å². The maximum Gasteiger partial charge on any atom is 0.307 e. The summed E-state index contributed by atoms with van der Waals surface area (Å²) in [5.41, 5.74) is -1.13. The van der Waals surface area contributed by atoms with E-state index in [1.54, 1.807) is 13.8 Å². The molecular formula is C20H30N2O9S. The van der Waals surface area contributed by atoms with Crippen LogP contribution in [0.4, 0.5) is 0 Å². The molecule has 180 valence electrons. The minimum atomic E-state index is -1.35. The van der Waals surface area contributed by atoms with Crippen LogP contribution >= 0.6 is 11.8 Å². The van der Waals surface area contributed by atoms with Crippen LogP contribution in [-0.2, 0) is 43.0 Å². The van der Waals surface area contributed by atoms with E-state index in [1.165, 1.54) is 7.11 Å². The monoisotopic (exact) mass is 474 g/mol. The van der Waals surface area contributed by atoms with Crippen molar-refractivity contribution in [1.82, 2.24) is 10.6 Å². The summed E-state index contributed by atoms with van der Waals surface area (Å²) in [7, 11) is 1.19. The molecule has 0 unspecified atom stereocenters. The number of rotatable bonds is 4. The van der Waals surface area contributed by atoms with Crippen LogP contribution in [0.3, 0.4) is 0 Å². The molecule has 32 heavy (non-hydrogen) atoms. The Balaban J connectivity index is 2.91. The number of amides is 2. The van der Waals surface area contributed by atoms with Gasteiger partial charge >= 0.3 is 17.9 Å². The molecule has 0 aromatic rings. The van der Waals surface area contributed by atoms with Gasteiger partial charge in [0, 0.05) is 37.1 Å². The zero-order valence-electron chi connectivity index (χ0n) is 18.5. The number of thioether (sulfide) groups is 1. The lowest BCUT2D eigenvalue weighted by Crippen LogP contribution is -2.49. The molecule has 0 aliphatic carbocycles. The molecule has 0 aromatic carbocycles. The van der Waals surface area contributed by atoms with E-state index in [1.807, 2.05) is 0 Å². The van der Waals surface area contributed by atoms with Gasteiger partial charge in [-0.15, -0.1) is 0 Å². The first-order valence-electron chi connectivity index (χ1n) is 10.2. The number of carbonyl (C=O) groups excluding carboxylic acids is 6. The van der Waals surface area contributed by atoms with E-state index in [-0.39, 0.29) is 62.8 Å². The van der Waals surface area contributed by atoms with Crippen molar-refractivity contribution in [1.29, 1.82) is 0 Å². The summed E-state index contributed by atoms with van der Waals surface area (Å²) >= 11 is 1.01. The second-order valence-corrected chi connectivity index (χ2v) is 8.86. The molecule has 1 rings (SSSR count). The van der Waals surface area contributed by atoms with Crippen molar-refractivity contribution in [2.24, 2.45) is 5.41 Å². The Morgan fingerprint density at radius 3 is 2.41 bits per heavy atom. The lowest BCUT2D eigenvalue weighted by molar-refractivity contribution is -0.169. The summed E-state index contributed by atoms with van der Waals surface area (Å²) in [6, 6.07) is 0. The second kappa shape index (κ2) is 13.7. The number of hydrogen-bond donors (Lipinski definition) is 2. The zero-order valence-corrected chi connectivity index (χ0v) is 19.3. The van der Waals surface area contributed by atoms with Crippen LogP contribution < -0.4 is 10.6 Å². The van der Waals surface area contributed by atoms with Crippen LogP contribution in [0.25, 0.3) is 0 Å². The van der Waals surface area contributed by atoms with Gasteiger partial charge in [-0.3, -0.25) is 28.8 Å². The van der Waals surface area contributed by atoms with Crippen molar-refractivity contribution in [2.75, 3.05) is 32.6 Å². The Bertz CT molecular complexity index is 724. The highest BCUT2D eigenvalue weighted by Crippen LogP contribution is 2.25. The van der Waals surface area contributed by atoms with Gasteiger partial charge in [0.25, 0.3) is 5.91 Å². The minimum absolute atomic E-state index is 0.0111. The van der Waals surface area contributed by atoms with Crippen molar-refractivity contribution in [2.45, 2.75) is 52.1 Å². The maximum atomic E-state index is 12.7. The van der Waals surface area contributed by atoms with Crippen LogP contribution in [0.1, 0.15) is 46.0 Å². The number of ether oxygens (including phenoxy) is 3. The Morgan fingerprint density at radius 1 is 1.03 bits per heavy atom. The van der Waals surface area contributed by atoms with Gasteiger partial charge in [-0.25, -0.2) is 0 Å². The van der Waals surface area contributed by atoms with Gasteiger partial charge in [0.05, 0.1) is 26.4 Å². The van der Waals surface area contributed by atoms with Crippen molar-refractivity contribution in [3.05, 3.63) is 0 Å². The first-order chi connectivity index (χ1) is 15.0. The number of cyclic esters (lactones) is 1. The Morgan fingerprint density at radius 2 is 1.72 bits per heavy atom. The van der Waals surface area contributed by atoms with Crippen LogP contribution in [0.15, 0.2) is 0 Å². The van der Waals surface area contributed by atoms with Crippen LogP contribution in [-0.4, -0.2) is 73.5 Å². The minimum Gasteiger partial charge on any atom is -0.469 e. The van der Waals surface area contributed by atoms with Gasteiger partial charge < -0.3 is 24.8 Å². The Labute approximate surface area is 190 Å². The van der Waals surface area contributed by atoms with Crippen molar-refractivity contribution in [3.8, 4) is 0 Å². The number of methoxy groups -OCH3 is 1. The number of carbonyl (C=O) groups is 6. The molecule has 1 fully saturated rings. The fourth-order valence-corrected chi connectivity index (χ4v) is 3.27. The third kappa shape index (κ3) is 10.6. The van der Waals surface area contributed by atoms with Gasteiger partial charge in [-0.05, 0) is 0 Å². The van der Waals surface area contributed by atoms with Gasteiger partial charge in [0.15, 0.2) is 11.2 Å². The summed E-state index contributed by atoms with van der Waals surface area (Å²) in [5.74, 6) is -2.65. The predicted molar refractivity (Wildman–Crippen MR) is 113 cm³/mol. The average molecular weight is 475 g/mol. The quantitative estimate of drug-likeness (QED) is 0.423. The Hall–Kier alpha value is -2.63. The highest BCUT2D eigenvalue weighted by Gasteiger charge is 2.40. The van der Waals surface area contributed by atoms with Gasteiger partial charge in [0.2, 0.25) is 5.91 Å². The topological polar surface area (TPSA) is 154 Å². The molecule has 1 atom stereocenters. The summed E-state index contributed by atoms with van der Waals surface area (Å²) in [6.07, 6.45) is -2.03. The van der Waals surface area contributed by atoms with E-state index < -0.39 is 35.3 Å². The largest absolute Gasteiger partial charge is 0.469 e. The maximum absolute atomic E-state index is 12.7. The molecule has 2 amide bonds. The lowest BCUT2D eigenvalue weighted by Gasteiger charge is -2.32. The van der Waals surface area contributed by atoms with E-state index >= 15 is 0 Å². The predicted octanol–water partition coefficient (Wildman–Crippen LogP) is 0.0969. The number of nitrogens with one attached hydrogen (secondary N) is 2. The van der Waals surface area contributed by atoms with E-state index in [4.69, 9.17) is 9.47 Å². The van der Waals surface area contributed by atoms with E-state index in [9.17, 15) is 28.8 Å². The molecule has 0 radical (unpaired) electrons. The standard InChI is InChI=1S/C20H30N2O9S/c1-20(2)12-30-15(25)6-7-17(27)32-11-10-21-13(23)8-9-22-19(28)18(20)31-16(26)5-4-14(24)29-3/h18H,4-12H2,1-3H3,(H,21,23)(H,22,28)/t18-/m0/s1. The van der Waals surface area contributed by atoms with Gasteiger partial charge in [0.1, 0.15) is 6.61 Å². The molecule has 1 heterocycles. The van der Waals surface area contributed by atoms with Gasteiger partial charge in [-0.1, -0.05) is 25.6 Å². The molecule has 1 aliphatic rings. The molecule has 0 bridgehead atoms. The highest BCUT2D eigenvalue weighted by molar-refractivity contribution is 8.13. The van der Waals surface area contributed by atoms with Crippen molar-refractivity contribution < 1.29 is 43.0 Å². The highest BCUT2D eigenvalue weighted by atomic mass is 32.2. The molecule has 12 heteroatoms. The van der Waals surface area contributed by atoms with E-state index in [0.717, 1.165) is 11.8 Å². The molecule has 1 saturated heterocycles. The lowest BCUT2D eigenvalue weighted by atomic mass is 9.86. The number of esters is 3. The summed E-state index contributed by atoms with van der Waals surface area (Å²) < 4.78 is 15.0. The van der Waals surface area contributed by atoms with Gasteiger partial charge in [-0.2, -0.15) is 0 Å². The fraction of sp³-hybridized carbons (Fsp3) is 0.700. The summed E-state index contributed by atoms with van der Waals surface area (Å²) in [4.78, 5) is 71.9. The van der Waals surface area contributed by atoms with Crippen LogP contribution in [0.2, 0.25) is 0 Å². The SMILES string of the molecule is COC(=O)CCC(=O)O[C@H]1C(=O)NCCC(=O)NCCSC(=O)CCC(=O)OCC1(C)C. The van der Waals surface area contributed by atoms with E-state index in [0.29, 0.717) is 5.75 Å². The van der Waals surface area contributed by atoms with E-state index in [2.05, 4.69) is 15.4 Å². The zero-order chi connectivity index (χ0) is 24.1. The molecule has 0 saturated carbocycles. The molecular weight excluding hydrogens is 444 g/mol. The summed E-state index contributed by atoms with van der Waals surface area (Å²) in [5, 5.41) is 4.97. The second-order valence-electron chi connectivity index (χ2n) is 7.71. The van der Waals surface area contributed by atoms with Crippen LogP contribution in [0.5, 0.6) is 0 Å². The van der Waals surface area contributed by atoms with Crippen LogP contribution in [0, 0.1) is 5.41 Å². The summed E-state index contributed by atoms with van der Waals surface area (Å²) in [6.45, 7) is 3.14. The normalized spacial score (nSPS) is 21.4. The van der Waals surface area contributed by atoms with Crippen molar-refractivity contribution in [3.63, 3.8) is 0 Å². The average Bonchev–Trinajstić information content (AvgIpc) is 2.75. The number of hydrogen-bond acceptors (Lipinski definition) is 10. The third-order valence-electron chi connectivity index (χ3n) is 4.44. The smallest absolute Gasteiger partial charge is 0.307 e. The molecule has 1 aliphatic heterocycles. The Kier molecular flexibility index (Phi) is 11.7. The first-order valence-corrected chi connectivity index (χ1v) is 11.2. The molecule has 11 nitrogen and oxygen atoms in total. The first kappa shape index (κ1) is 27.4.